The summed E-state index contributed by atoms with van der Waals surface area (Å²) in [6.45, 7) is 7.63. The molecular weight excluding hydrogens is 542 g/mol. The fourth-order valence-electron chi connectivity index (χ4n) is 6.09. The Labute approximate surface area is 251 Å². The van der Waals surface area contributed by atoms with Crippen molar-refractivity contribution in [3.63, 3.8) is 0 Å². The van der Waals surface area contributed by atoms with E-state index in [0.717, 1.165) is 38.2 Å². The maximum absolute atomic E-state index is 13.4. The zero-order chi connectivity index (χ0) is 29.9. The monoisotopic (exact) mass is 579 g/mol. The molecule has 1 aliphatic rings. The number of piperazine rings is 1. The van der Waals surface area contributed by atoms with Crippen LogP contribution in [-0.2, 0) is 11.2 Å². The van der Waals surface area contributed by atoms with Crippen LogP contribution in [0.15, 0.2) is 77.5 Å². The molecule has 6 rings (SSSR count). The van der Waals surface area contributed by atoms with Gasteiger partial charge in [-0.3, -0.25) is 9.88 Å². The number of benzene rings is 3. The van der Waals surface area contributed by atoms with E-state index in [1.54, 1.807) is 26.2 Å². The Hall–Kier alpha value is -4.40. The second kappa shape index (κ2) is 12.5. The quantitative estimate of drug-likeness (QED) is 0.209. The first-order valence-corrected chi connectivity index (χ1v) is 14.8. The van der Waals surface area contributed by atoms with Crippen LogP contribution >= 0.6 is 0 Å². The van der Waals surface area contributed by atoms with Crippen molar-refractivity contribution in [1.82, 2.24) is 14.8 Å². The molecule has 0 spiro atoms. The number of hydrogen-bond donors (Lipinski definition) is 1. The van der Waals surface area contributed by atoms with Gasteiger partial charge in [-0.1, -0.05) is 30.3 Å². The molecule has 222 valence electrons. The molecule has 8 nitrogen and oxygen atoms in total. The fourth-order valence-corrected chi connectivity index (χ4v) is 6.09. The average Bonchev–Trinajstić information content (AvgIpc) is 3.37. The molecule has 3 aromatic carbocycles. The van der Waals surface area contributed by atoms with E-state index < -0.39 is 5.97 Å². The first kappa shape index (κ1) is 28.7. The molecule has 3 heterocycles. The number of carbonyl (C=O) groups excluding carboxylic acids is 1. The molecule has 2 aromatic heterocycles. The van der Waals surface area contributed by atoms with Crippen LogP contribution in [0.1, 0.15) is 45.8 Å². The Balaban J connectivity index is 1.54. The third-order valence-electron chi connectivity index (χ3n) is 8.28. The van der Waals surface area contributed by atoms with Gasteiger partial charge in [0.25, 0.3) is 0 Å². The van der Waals surface area contributed by atoms with Crippen molar-refractivity contribution in [1.29, 1.82) is 0 Å². The van der Waals surface area contributed by atoms with Crippen LogP contribution in [0.3, 0.4) is 0 Å². The van der Waals surface area contributed by atoms with Gasteiger partial charge < -0.3 is 23.9 Å². The minimum atomic E-state index is -0.466. The largest absolute Gasteiger partial charge is 0.507 e. The molecular formula is C35H37N3O5. The SMILES string of the molecule is CCOC(=O)c1c(C)oc2c1c(C(c1ccncc1)N1CCN(C)CC1)c(O)c1cc(OCCc3ccccc3)ccc12. The van der Waals surface area contributed by atoms with Gasteiger partial charge in [-0.25, -0.2) is 4.79 Å². The molecule has 5 aromatic rings. The van der Waals surface area contributed by atoms with Gasteiger partial charge in [0, 0.05) is 66.7 Å². The Bertz CT molecular complexity index is 1730. The first-order valence-electron chi connectivity index (χ1n) is 14.8. The van der Waals surface area contributed by atoms with E-state index in [0.29, 0.717) is 51.0 Å². The third kappa shape index (κ3) is 5.68. The molecule has 0 bridgehead atoms. The topological polar surface area (TPSA) is 88.3 Å². The lowest BCUT2D eigenvalue weighted by molar-refractivity contribution is 0.0526. The number of fused-ring (bicyclic) bond motifs is 3. The summed E-state index contributed by atoms with van der Waals surface area (Å²) in [5.74, 6) is 0.740. The Kier molecular flexibility index (Phi) is 8.31. The Morgan fingerprint density at radius 1 is 1.02 bits per heavy atom. The molecule has 1 unspecified atom stereocenters. The predicted molar refractivity (Wildman–Crippen MR) is 167 cm³/mol. The van der Waals surface area contributed by atoms with Gasteiger partial charge >= 0.3 is 5.97 Å². The van der Waals surface area contributed by atoms with Crippen molar-refractivity contribution in [2.45, 2.75) is 26.3 Å². The van der Waals surface area contributed by atoms with Gasteiger partial charge in [0.15, 0.2) is 0 Å². The van der Waals surface area contributed by atoms with Gasteiger partial charge in [-0.15, -0.1) is 0 Å². The number of phenols is 1. The number of pyridine rings is 1. The van der Waals surface area contributed by atoms with Gasteiger partial charge in [-0.2, -0.15) is 0 Å². The van der Waals surface area contributed by atoms with Crippen LogP contribution < -0.4 is 4.74 Å². The highest BCUT2D eigenvalue weighted by Crippen LogP contribution is 2.48. The lowest BCUT2D eigenvalue weighted by atomic mass is 9.89. The van der Waals surface area contributed by atoms with E-state index in [-0.39, 0.29) is 18.4 Å². The number of nitrogens with zero attached hydrogens (tertiary/aromatic N) is 3. The van der Waals surface area contributed by atoms with E-state index in [9.17, 15) is 9.90 Å². The summed E-state index contributed by atoms with van der Waals surface area (Å²) in [4.78, 5) is 22.3. The molecule has 0 saturated carbocycles. The second-order valence-corrected chi connectivity index (χ2v) is 11.0. The maximum atomic E-state index is 13.4. The molecule has 0 radical (unpaired) electrons. The number of carbonyl (C=O) groups is 1. The number of phenolic OH excluding ortho intramolecular Hbond substituents is 1. The first-order chi connectivity index (χ1) is 21.0. The van der Waals surface area contributed by atoms with E-state index in [2.05, 4.69) is 34.0 Å². The number of ether oxygens (including phenoxy) is 2. The number of aryl methyl sites for hydroxylation is 1. The molecule has 8 heteroatoms. The summed E-state index contributed by atoms with van der Waals surface area (Å²) in [6.07, 6.45) is 4.29. The van der Waals surface area contributed by atoms with Crippen LogP contribution in [0.4, 0.5) is 0 Å². The van der Waals surface area contributed by atoms with Gasteiger partial charge in [-0.05, 0) is 62.4 Å². The van der Waals surface area contributed by atoms with Crippen molar-refractivity contribution in [3.8, 4) is 11.5 Å². The zero-order valence-corrected chi connectivity index (χ0v) is 24.9. The standard InChI is InChI=1S/C35H37N3O5/c1-4-41-35(40)29-23(2)43-34-27-11-10-26(42-21-14-24-8-6-5-7-9-24)22-28(27)33(39)31(30(29)34)32(25-12-15-36-16-13-25)38-19-17-37(3)18-20-38/h5-13,15-16,22,32,39H,4,14,17-21H2,1-3H3. The molecule has 0 aliphatic carbocycles. The lowest BCUT2D eigenvalue weighted by Gasteiger charge is -2.39. The molecule has 1 N–H and O–H groups in total. The number of likely N-dealkylation sites (N-methyl/N-ethyl adjacent to an activating group) is 1. The van der Waals surface area contributed by atoms with Gasteiger partial charge in [0.1, 0.15) is 28.4 Å². The number of hydrogen-bond acceptors (Lipinski definition) is 8. The summed E-state index contributed by atoms with van der Waals surface area (Å²) in [6, 6.07) is 19.4. The number of aromatic hydroxyl groups is 1. The minimum absolute atomic E-state index is 0.100. The van der Waals surface area contributed by atoms with Crippen LogP contribution in [0, 0.1) is 6.92 Å². The van der Waals surface area contributed by atoms with Crippen LogP contribution in [0.25, 0.3) is 21.7 Å². The third-order valence-corrected chi connectivity index (χ3v) is 8.28. The van der Waals surface area contributed by atoms with Crippen molar-refractivity contribution < 1.29 is 23.8 Å². The number of aromatic nitrogens is 1. The number of rotatable bonds is 9. The highest BCUT2D eigenvalue weighted by atomic mass is 16.5. The van der Waals surface area contributed by atoms with E-state index in [1.807, 2.05) is 48.5 Å². The second-order valence-electron chi connectivity index (χ2n) is 11.0. The molecule has 43 heavy (non-hydrogen) atoms. The normalized spacial score (nSPS) is 15.1. The number of furan rings is 1. The summed E-state index contributed by atoms with van der Waals surface area (Å²) in [5, 5.41) is 14.1. The number of esters is 1. The smallest absolute Gasteiger partial charge is 0.342 e. The molecule has 1 atom stereocenters. The summed E-state index contributed by atoms with van der Waals surface area (Å²) >= 11 is 0. The maximum Gasteiger partial charge on any atom is 0.342 e. The van der Waals surface area contributed by atoms with E-state index in [4.69, 9.17) is 13.9 Å². The Morgan fingerprint density at radius 2 is 1.77 bits per heavy atom. The van der Waals surface area contributed by atoms with Crippen LogP contribution in [-0.4, -0.2) is 72.3 Å². The van der Waals surface area contributed by atoms with E-state index >= 15 is 0 Å². The van der Waals surface area contributed by atoms with Gasteiger partial charge in [0.05, 0.1) is 19.3 Å². The van der Waals surface area contributed by atoms with Crippen LogP contribution in [0.5, 0.6) is 11.5 Å². The molecule has 0 amide bonds. The minimum Gasteiger partial charge on any atom is -0.507 e. The highest BCUT2D eigenvalue weighted by molar-refractivity contribution is 6.17. The Morgan fingerprint density at radius 3 is 2.49 bits per heavy atom. The molecule has 1 aliphatic heterocycles. The van der Waals surface area contributed by atoms with Gasteiger partial charge in [0.2, 0.25) is 0 Å². The van der Waals surface area contributed by atoms with Crippen molar-refractivity contribution >= 4 is 27.7 Å². The summed E-state index contributed by atoms with van der Waals surface area (Å²) in [7, 11) is 2.11. The lowest BCUT2D eigenvalue weighted by Crippen LogP contribution is -2.46. The molecule has 1 saturated heterocycles. The van der Waals surface area contributed by atoms with E-state index in [1.165, 1.54) is 5.56 Å². The zero-order valence-electron chi connectivity index (χ0n) is 24.9. The van der Waals surface area contributed by atoms with Crippen LogP contribution in [0.2, 0.25) is 0 Å². The summed E-state index contributed by atoms with van der Waals surface area (Å²) in [5.41, 5.74) is 3.69. The fraction of sp³-hybridized carbons (Fsp3) is 0.314. The molecule has 1 fully saturated rings. The highest BCUT2D eigenvalue weighted by Gasteiger charge is 2.34. The predicted octanol–water partition coefficient (Wildman–Crippen LogP) is 6.13. The summed E-state index contributed by atoms with van der Waals surface area (Å²) < 4.78 is 18.0. The van der Waals surface area contributed by atoms with Crippen molar-refractivity contribution in [3.05, 3.63) is 101 Å². The van der Waals surface area contributed by atoms with Crippen molar-refractivity contribution in [2.24, 2.45) is 0 Å². The van der Waals surface area contributed by atoms with Crippen molar-refractivity contribution in [2.75, 3.05) is 46.4 Å². The average molecular weight is 580 g/mol.